The molecule has 0 unspecified atom stereocenters. The lowest BCUT2D eigenvalue weighted by atomic mass is 9.94. The molecular weight excluding hydrogens is 941 g/mol. The van der Waals surface area contributed by atoms with Gasteiger partial charge in [-0.15, -0.1) is 0 Å². The molecule has 0 radical (unpaired) electrons. The van der Waals surface area contributed by atoms with Crippen LogP contribution in [0.5, 0.6) is 0 Å². The molecule has 0 aliphatic rings. The Morgan fingerprint density at radius 1 is 0.234 bits per heavy atom. The van der Waals surface area contributed by atoms with Crippen LogP contribution in [0.25, 0.3) is 67.8 Å². The van der Waals surface area contributed by atoms with Gasteiger partial charge in [0.2, 0.25) is 11.9 Å². The summed E-state index contributed by atoms with van der Waals surface area (Å²) in [6.45, 7) is 19.8. The van der Waals surface area contributed by atoms with Crippen LogP contribution in [0, 0.1) is 62.3 Å². The summed E-state index contributed by atoms with van der Waals surface area (Å²) in [5, 5.41) is 0. The average Bonchev–Trinajstić information content (AvgIpc) is 3.52. The molecule has 0 fully saturated rings. The standard InChI is InChI=1S/C69H60N8/c1-43-35-45(3)60(46(4)36-43)76(61-47(5)37-44(2)38-48(61)6)62-49(7)39-50(8)63(51(62)9)77(68-72-64(54-29-19-12-20-30-54)70-65(73-68)55-31-21-13-22-32-55)69-74-66(56-33-23-14-24-34-56)71-67(75-69)59-41-57(52-25-15-10-16-26-52)40-58(42-59)53-27-17-11-18-28-53/h10-42H,1-9H3. The smallest absolute Gasteiger partial charge is 0.241 e. The molecule has 8 nitrogen and oxygen atoms in total. The van der Waals surface area contributed by atoms with E-state index in [1.54, 1.807) is 0 Å². The SMILES string of the molecule is Cc1cc(C)c(N(c2c(C)cc(C)cc2C)c2c(C)cc(C)c(N(c3nc(-c4ccccc4)nc(-c4ccccc4)n3)c3nc(-c4ccccc4)nc(-c4cc(-c5ccccc5)cc(-c5ccccc5)c4)n3)c2C)c(C)c1. The molecule has 2 aromatic heterocycles. The number of nitrogens with zero attached hydrogens (tertiary/aromatic N) is 8. The first kappa shape index (κ1) is 49.8. The molecule has 0 saturated heterocycles. The Morgan fingerprint density at radius 2 is 0.506 bits per heavy atom. The highest BCUT2D eigenvalue weighted by Gasteiger charge is 2.32. The molecule has 0 aliphatic carbocycles. The van der Waals surface area contributed by atoms with Gasteiger partial charge in [0.1, 0.15) is 0 Å². The van der Waals surface area contributed by atoms with Crippen LogP contribution in [0.3, 0.4) is 0 Å². The number of hydrogen-bond acceptors (Lipinski definition) is 8. The van der Waals surface area contributed by atoms with E-state index in [-0.39, 0.29) is 0 Å². The van der Waals surface area contributed by atoms with Crippen molar-refractivity contribution in [3.05, 3.63) is 250 Å². The van der Waals surface area contributed by atoms with E-state index in [0.717, 1.165) is 83.9 Å². The number of benzene rings is 9. The number of aromatic nitrogens is 6. The molecule has 0 amide bonds. The van der Waals surface area contributed by atoms with Crippen LogP contribution < -0.4 is 9.80 Å². The van der Waals surface area contributed by atoms with Gasteiger partial charge in [0.05, 0.1) is 22.7 Å². The fourth-order valence-electron chi connectivity index (χ4n) is 11.1. The van der Waals surface area contributed by atoms with Crippen molar-refractivity contribution < 1.29 is 0 Å². The van der Waals surface area contributed by atoms with Gasteiger partial charge >= 0.3 is 0 Å². The van der Waals surface area contributed by atoms with E-state index < -0.39 is 0 Å². The van der Waals surface area contributed by atoms with Gasteiger partial charge in [-0.3, -0.25) is 0 Å². The lowest BCUT2D eigenvalue weighted by molar-refractivity contribution is 0.956. The Kier molecular flexibility index (Phi) is 13.6. The van der Waals surface area contributed by atoms with Gasteiger partial charge in [0, 0.05) is 22.3 Å². The Morgan fingerprint density at radius 3 is 0.844 bits per heavy atom. The van der Waals surface area contributed by atoms with E-state index >= 15 is 0 Å². The molecule has 0 aliphatic heterocycles. The highest BCUT2D eigenvalue weighted by atomic mass is 15.4. The quantitative estimate of drug-likeness (QED) is 0.120. The highest BCUT2D eigenvalue weighted by molar-refractivity contribution is 5.92. The summed E-state index contributed by atoms with van der Waals surface area (Å²) in [5.41, 5.74) is 22.0. The van der Waals surface area contributed by atoms with Crippen LogP contribution in [-0.2, 0) is 0 Å². The van der Waals surface area contributed by atoms with Crippen molar-refractivity contribution in [2.45, 2.75) is 62.3 Å². The highest BCUT2D eigenvalue weighted by Crippen LogP contribution is 2.50. The predicted octanol–water partition coefficient (Wildman–Crippen LogP) is 17.8. The van der Waals surface area contributed by atoms with E-state index in [1.165, 1.54) is 33.4 Å². The largest absolute Gasteiger partial charge is 0.309 e. The Balaban J connectivity index is 1.26. The second kappa shape index (κ2) is 21.1. The second-order valence-corrected chi connectivity index (χ2v) is 20.2. The molecule has 0 bridgehead atoms. The molecule has 11 rings (SSSR count). The number of rotatable bonds is 12. The summed E-state index contributed by atoms with van der Waals surface area (Å²) in [5.74, 6) is 2.73. The third-order valence-electron chi connectivity index (χ3n) is 14.2. The van der Waals surface area contributed by atoms with Crippen molar-refractivity contribution in [2.75, 3.05) is 9.80 Å². The third-order valence-corrected chi connectivity index (χ3v) is 14.2. The van der Waals surface area contributed by atoms with E-state index in [0.29, 0.717) is 35.2 Å². The molecule has 0 atom stereocenters. The Labute approximate surface area is 452 Å². The zero-order valence-corrected chi connectivity index (χ0v) is 45.1. The molecule has 0 N–H and O–H groups in total. The minimum atomic E-state index is 0.349. The summed E-state index contributed by atoms with van der Waals surface area (Å²) < 4.78 is 0. The fourth-order valence-corrected chi connectivity index (χ4v) is 11.1. The number of anilines is 6. The summed E-state index contributed by atoms with van der Waals surface area (Å²) in [7, 11) is 0. The van der Waals surface area contributed by atoms with E-state index in [9.17, 15) is 0 Å². The van der Waals surface area contributed by atoms with Crippen LogP contribution in [-0.4, -0.2) is 29.9 Å². The van der Waals surface area contributed by atoms with E-state index in [2.05, 4.69) is 164 Å². The van der Waals surface area contributed by atoms with Crippen molar-refractivity contribution in [2.24, 2.45) is 0 Å². The maximum Gasteiger partial charge on any atom is 0.241 e. The van der Waals surface area contributed by atoms with Crippen molar-refractivity contribution in [1.82, 2.24) is 29.9 Å². The van der Waals surface area contributed by atoms with Gasteiger partial charge in [0.15, 0.2) is 23.3 Å². The van der Waals surface area contributed by atoms with Crippen molar-refractivity contribution >= 4 is 34.6 Å². The van der Waals surface area contributed by atoms with Gasteiger partial charge < -0.3 is 4.90 Å². The van der Waals surface area contributed by atoms with E-state index in [4.69, 9.17) is 29.9 Å². The van der Waals surface area contributed by atoms with Gasteiger partial charge in [-0.1, -0.05) is 193 Å². The zero-order chi connectivity index (χ0) is 53.3. The molecule has 376 valence electrons. The van der Waals surface area contributed by atoms with Gasteiger partial charge in [-0.05, 0) is 142 Å². The summed E-state index contributed by atoms with van der Waals surface area (Å²) in [6, 6.07) is 69.3. The fraction of sp³-hybridized carbons (Fsp3) is 0.130. The minimum Gasteiger partial charge on any atom is -0.309 e. The minimum absolute atomic E-state index is 0.349. The lowest BCUT2D eigenvalue weighted by Crippen LogP contribution is -2.23. The normalized spacial score (nSPS) is 11.2. The molecular formula is C69H60N8. The molecule has 77 heavy (non-hydrogen) atoms. The van der Waals surface area contributed by atoms with Crippen molar-refractivity contribution in [3.8, 4) is 67.8 Å². The third kappa shape index (κ3) is 10.0. The summed E-state index contributed by atoms with van der Waals surface area (Å²) in [4.78, 5) is 37.1. The van der Waals surface area contributed by atoms with Crippen LogP contribution in [0.15, 0.2) is 200 Å². The summed E-state index contributed by atoms with van der Waals surface area (Å²) >= 11 is 0. The number of hydrogen-bond donors (Lipinski definition) is 0. The molecule has 2 heterocycles. The van der Waals surface area contributed by atoms with Crippen molar-refractivity contribution in [3.63, 3.8) is 0 Å². The molecule has 8 heteroatoms. The van der Waals surface area contributed by atoms with Crippen LogP contribution >= 0.6 is 0 Å². The lowest BCUT2D eigenvalue weighted by Gasteiger charge is -2.36. The van der Waals surface area contributed by atoms with E-state index in [1.807, 2.05) is 108 Å². The van der Waals surface area contributed by atoms with Gasteiger partial charge in [-0.25, -0.2) is 14.9 Å². The first-order valence-electron chi connectivity index (χ1n) is 26.2. The Hall–Kier alpha value is -9.40. The molecule has 9 aromatic carbocycles. The molecule has 11 aromatic rings. The first-order valence-corrected chi connectivity index (χ1v) is 26.2. The monoisotopic (exact) mass is 1000 g/mol. The first-order chi connectivity index (χ1) is 37.4. The van der Waals surface area contributed by atoms with Crippen LogP contribution in [0.4, 0.5) is 34.6 Å². The average molecular weight is 1000 g/mol. The molecule has 0 saturated carbocycles. The van der Waals surface area contributed by atoms with Gasteiger partial charge in [-0.2, -0.15) is 19.9 Å². The maximum atomic E-state index is 5.62. The van der Waals surface area contributed by atoms with Gasteiger partial charge in [0.25, 0.3) is 0 Å². The Bertz CT molecular complexity index is 3740. The zero-order valence-electron chi connectivity index (χ0n) is 45.1. The van der Waals surface area contributed by atoms with Crippen LogP contribution in [0.1, 0.15) is 50.1 Å². The van der Waals surface area contributed by atoms with Crippen LogP contribution in [0.2, 0.25) is 0 Å². The topological polar surface area (TPSA) is 83.8 Å². The second-order valence-electron chi connectivity index (χ2n) is 20.2. The predicted molar refractivity (Wildman–Crippen MR) is 318 cm³/mol. The maximum absolute atomic E-state index is 5.62. The van der Waals surface area contributed by atoms with Crippen molar-refractivity contribution in [1.29, 1.82) is 0 Å². The molecule has 0 spiro atoms. The number of aryl methyl sites for hydroxylation is 8. The summed E-state index contributed by atoms with van der Waals surface area (Å²) in [6.07, 6.45) is 0.